The van der Waals surface area contributed by atoms with Gasteiger partial charge in [-0.25, -0.2) is 9.97 Å². The van der Waals surface area contributed by atoms with Crippen molar-refractivity contribution in [2.45, 2.75) is 57.8 Å². The first-order valence-electron chi connectivity index (χ1n) is 33.1. The number of benzene rings is 13. The first-order chi connectivity index (χ1) is 45.9. The molecule has 0 fully saturated rings. The molecule has 17 aromatic rings. The third kappa shape index (κ3) is 7.08. The summed E-state index contributed by atoms with van der Waals surface area (Å²) in [4.78, 5) is 11.4. The Hall–Kier alpha value is -11.4. The van der Waals surface area contributed by atoms with Crippen LogP contribution >= 0.6 is 0 Å². The molecule has 0 bridgehead atoms. The molecule has 0 radical (unpaired) electrons. The van der Waals surface area contributed by atoms with E-state index in [1.165, 1.54) is 132 Å². The lowest BCUT2D eigenvalue weighted by Crippen LogP contribution is -2.16. The molecule has 0 amide bonds. The summed E-state index contributed by atoms with van der Waals surface area (Å²) in [7, 11) is 0. The number of fused-ring (bicyclic) bond motifs is 22. The summed E-state index contributed by atoms with van der Waals surface area (Å²) in [5.74, 6) is 0.670. The maximum Gasteiger partial charge on any atom is 0.160 e. The zero-order valence-corrected chi connectivity index (χ0v) is 53.2. The highest BCUT2D eigenvalue weighted by atomic mass is 15.0. The van der Waals surface area contributed by atoms with Gasteiger partial charge in [0.25, 0.3) is 0 Å². The summed E-state index contributed by atoms with van der Waals surface area (Å²) in [6.45, 7) is 14.4. The summed E-state index contributed by atoms with van der Waals surface area (Å²) in [6.07, 6.45) is 0. The minimum Gasteiger partial charge on any atom is -0.309 e. The molecule has 0 saturated heterocycles. The van der Waals surface area contributed by atoms with Crippen LogP contribution in [0, 0.1) is 0 Å². The fraction of sp³-hybridized carbons (Fsp3) is 0.101. The van der Waals surface area contributed by atoms with E-state index in [2.05, 4.69) is 328 Å². The summed E-state index contributed by atoms with van der Waals surface area (Å²) < 4.78 is 7.53. The van der Waals surface area contributed by atoms with Crippen molar-refractivity contribution in [3.05, 3.63) is 306 Å². The monoisotopic (exact) mass is 1200 g/mol. The largest absolute Gasteiger partial charge is 0.309 e. The van der Waals surface area contributed by atoms with Crippen molar-refractivity contribution in [1.82, 2.24) is 23.7 Å². The van der Waals surface area contributed by atoms with E-state index in [0.29, 0.717) is 5.82 Å². The highest BCUT2D eigenvalue weighted by Crippen LogP contribution is 2.57. The van der Waals surface area contributed by atoms with Gasteiger partial charge in [-0.3, -0.25) is 0 Å². The predicted octanol–water partition coefficient (Wildman–Crippen LogP) is 22.8. The molecule has 4 aromatic heterocycles. The normalized spacial score (nSPS) is 14.5. The van der Waals surface area contributed by atoms with Gasteiger partial charge in [-0.05, 0) is 145 Å². The van der Waals surface area contributed by atoms with Gasteiger partial charge < -0.3 is 13.7 Å². The molecule has 0 unspecified atom stereocenters. The van der Waals surface area contributed by atoms with Gasteiger partial charge in [0.2, 0.25) is 0 Å². The van der Waals surface area contributed by atoms with Crippen LogP contribution in [0.25, 0.3) is 161 Å². The van der Waals surface area contributed by atoms with E-state index in [0.717, 1.165) is 55.9 Å². The lowest BCUT2D eigenvalue weighted by atomic mass is 9.81. The van der Waals surface area contributed by atoms with E-state index in [-0.39, 0.29) is 16.2 Å². The molecule has 0 saturated carbocycles. The van der Waals surface area contributed by atoms with Gasteiger partial charge in [0.15, 0.2) is 5.82 Å². The van der Waals surface area contributed by atoms with Gasteiger partial charge in [-0.2, -0.15) is 0 Å². The maximum absolute atomic E-state index is 5.81. The molecule has 3 aliphatic rings. The molecule has 13 aromatic carbocycles. The van der Waals surface area contributed by atoms with Gasteiger partial charge >= 0.3 is 0 Å². The highest BCUT2D eigenvalue weighted by Gasteiger charge is 2.42. The Kier molecular flexibility index (Phi) is 10.7. The van der Waals surface area contributed by atoms with Crippen molar-refractivity contribution < 1.29 is 0 Å². The number of hydrogen-bond donors (Lipinski definition) is 0. The van der Waals surface area contributed by atoms with Crippen LogP contribution in [0.5, 0.6) is 0 Å². The molecule has 5 heteroatoms. The molecule has 3 aliphatic carbocycles. The minimum absolute atomic E-state index is 0.185. The molecular weight excluding hydrogens is 1140 g/mol. The minimum atomic E-state index is -0.233. The smallest absolute Gasteiger partial charge is 0.160 e. The highest BCUT2D eigenvalue weighted by molar-refractivity contribution is 6.16. The average Bonchev–Trinajstić information content (AvgIpc) is 1.55. The number of nitrogens with zero attached hydrogens (tertiary/aromatic N) is 5. The van der Waals surface area contributed by atoms with Gasteiger partial charge in [0.05, 0.1) is 44.3 Å². The van der Waals surface area contributed by atoms with E-state index in [1.54, 1.807) is 0 Å². The number of rotatable bonds is 6. The summed E-state index contributed by atoms with van der Waals surface area (Å²) in [6, 6.07) is 102. The number of hydrogen-bond acceptors (Lipinski definition) is 2. The van der Waals surface area contributed by atoms with Crippen molar-refractivity contribution >= 4 is 76.3 Å². The van der Waals surface area contributed by atoms with Gasteiger partial charge in [0, 0.05) is 82.1 Å². The van der Waals surface area contributed by atoms with Crippen LogP contribution in [0.3, 0.4) is 0 Å². The van der Waals surface area contributed by atoms with Crippen molar-refractivity contribution in [2.24, 2.45) is 0 Å². The lowest BCUT2D eigenvalue weighted by molar-refractivity contribution is 0.663. The SMILES string of the molecule is CC1(C)c2ccccc2-c2ccc3c4ccccc4n(-c4ccc(-c5ccc6nc(-c7cccc(-n8c9ccccc9c9ccc%10c(c98)C(C)(C)c8ccccc8-%10)c7)nc(-c7cccc(-n8c9ccccc9c9ccc%10c(c98)C(C)(C)c8ccccc8-%10)c7)c6c5)cc4)c3c21. The zero-order chi connectivity index (χ0) is 62.7. The van der Waals surface area contributed by atoms with Gasteiger partial charge in [0.1, 0.15) is 0 Å². The van der Waals surface area contributed by atoms with E-state index in [1.807, 2.05) is 0 Å². The van der Waals surface area contributed by atoms with Crippen molar-refractivity contribution in [2.75, 3.05) is 0 Å². The first kappa shape index (κ1) is 53.3. The predicted molar refractivity (Wildman–Crippen MR) is 392 cm³/mol. The summed E-state index contributed by atoms with van der Waals surface area (Å²) >= 11 is 0. The summed E-state index contributed by atoms with van der Waals surface area (Å²) in [5.41, 5.74) is 31.9. The van der Waals surface area contributed by atoms with Crippen LogP contribution in [-0.4, -0.2) is 23.7 Å². The molecular formula is C89H63N5. The maximum atomic E-state index is 5.81. The molecule has 0 atom stereocenters. The topological polar surface area (TPSA) is 40.6 Å². The lowest BCUT2D eigenvalue weighted by Gasteiger charge is -2.24. The zero-order valence-electron chi connectivity index (χ0n) is 53.2. The van der Waals surface area contributed by atoms with E-state index >= 15 is 0 Å². The number of para-hydroxylation sites is 3. The first-order valence-corrected chi connectivity index (χ1v) is 33.1. The number of aromatic nitrogens is 5. The van der Waals surface area contributed by atoms with Crippen molar-refractivity contribution in [1.29, 1.82) is 0 Å². The molecule has 444 valence electrons. The Labute approximate surface area is 545 Å². The Morgan fingerprint density at radius 3 is 1.12 bits per heavy atom. The fourth-order valence-electron chi connectivity index (χ4n) is 17.8. The van der Waals surface area contributed by atoms with Crippen LogP contribution in [0.4, 0.5) is 0 Å². The standard InChI is InChI=1S/C89H63N5/c1-87(2)72-31-13-7-25-59(72)65-42-45-68-62-28-10-16-34-76(62)92(83(68)79(65)87)56-40-37-52(38-41-56)53-39-48-75-71(51-53)82(54-21-19-23-57(49-54)93-77-35-17-11-29-63(77)69-46-43-66-60-26-8-14-32-73(60)88(3,4)80(66)84(69)93)91-86(90-75)55-22-20-24-58(50-55)94-78-36-18-12-30-64(78)70-47-44-67-61-27-9-15-33-74(61)89(5,6)81(67)85(70)94/h7-51H,1-6H3. The Balaban J connectivity index is 0.779. The second-order valence-electron chi connectivity index (χ2n) is 28.0. The molecule has 0 aliphatic heterocycles. The van der Waals surface area contributed by atoms with Crippen LogP contribution in [0.1, 0.15) is 74.9 Å². The van der Waals surface area contributed by atoms with E-state index in [9.17, 15) is 0 Å². The van der Waals surface area contributed by atoms with E-state index < -0.39 is 0 Å². The fourth-order valence-corrected chi connectivity index (χ4v) is 17.8. The molecule has 20 rings (SSSR count). The van der Waals surface area contributed by atoms with Gasteiger partial charge in [-0.1, -0.05) is 248 Å². The van der Waals surface area contributed by atoms with E-state index in [4.69, 9.17) is 9.97 Å². The van der Waals surface area contributed by atoms with Crippen LogP contribution < -0.4 is 0 Å². The average molecular weight is 1200 g/mol. The Morgan fingerprint density at radius 2 is 0.649 bits per heavy atom. The third-order valence-corrected chi connectivity index (χ3v) is 22.0. The van der Waals surface area contributed by atoms with Gasteiger partial charge in [-0.15, -0.1) is 0 Å². The van der Waals surface area contributed by atoms with Crippen molar-refractivity contribution in [3.8, 4) is 84.2 Å². The third-order valence-electron chi connectivity index (χ3n) is 22.0. The second kappa shape index (κ2) is 18.9. The molecule has 0 N–H and O–H groups in total. The molecule has 94 heavy (non-hydrogen) atoms. The second-order valence-corrected chi connectivity index (χ2v) is 28.0. The Bertz CT molecular complexity index is 6200. The quantitative estimate of drug-likeness (QED) is 0.166. The van der Waals surface area contributed by atoms with Crippen LogP contribution in [-0.2, 0) is 16.2 Å². The molecule has 5 nitrogen and oxygen atoms in total. The summed E-state index contributed by atoms with van der Waals surface area (Å²) in [5, 5.41) is 8.50. The molecule has 4 heterocycles. The van der Waals surface area contributed by atoms with Crippen LogP contribution in [0.2, 0.25) is 0 Å². The van der Waals surface area contributed by atoms with Crippen molar-refractivity contribution in [3.63, 3.8) is 0 Å². The van der Waals surface area contributed by atoms with Crippen LogP contribution in [0.15, 0.2) is 273 Å². The Morgan fingerprint density at radius 1 is 0.255 bits per heavy atom. The molecule has 0 spiro atoms.